The molecule has 1 aliphatic heterocycles. The predicted molar refractivity (Wildman–Crippen MR) is 199 cm³/mol. The van der Waals surface area contributed by atoms with E-state index in [0.717, 1.165) is 50.4 Å². The lowest BCUT2D eigenvalue weighted by molar-refractivity contribution is -0.144. The van der Waals surface area contributed by atoms with E-state index in [1.165, 1.54) is 4.90 Å². The van der Waals surface area contributed by atoms with Crippen molar-refractivity contribution in [2.45, 2.75) is 49.7 Å². The number of ether oxygens (including phenoxy) is 1. The van der Waals surface area contributed by atoms with Gasteiger partial charge in [-0.15, -0.1) is 11.8 Å². The Labute approximate surface area is 305 Å². The molecule has 4 aromatic rings. The van der Waals surface area contributed by atoms with Crippen molar-refractivity contribution in [2.24, 2.45) is 5.73 Å². The number of piperidine rings is 1. The van der Waals surface area contributed by atoms with Gasteiger partial charge in [0.1, 0.15) is 24.7 Å². The number of primary amides is 1. The van der Waals surface area contributed by atoms with Crippen molar-refractivity contribution >= 4 is 53.9 Å². The smallest absolute Gasteiger partial charge is 0.407 e. The van der Waals surface area contributed by atoms with Crippen LogP contribution in [0.2, 0.25) is 0 Å². The van der Waals surface area contributed by atoms with Gasteiger partial charge in [0.25, 0.3) is 0 Å². The lowest BCUT2D eigenvalue weighted by atomic mass is 9.98. The molecule has 52 heavy (non-hydrogen) atoms. The maximum Gasteiger partial charge on any atom is 0.407 e. The van der Waals surface area contributed by atoms with Gasteiger partial charge in [0, 0.05) is 24.6 Å². The Hall–Kier alpha value is -4.68. The number of nitrogens with two attached hydrogens (primary N) is 1. The van der Waals surface area contributed by atoms with Gasteiger partial charge in [-0.2, -0.15) is 0 Å². The third-order valence-electron chi connectivity index (χ3n) is 9.48. The third kappa shape index (κ3) is 8.85. The number of rotatable bonds is 13. The lowest BCUT2D eigenvalue weighted by Crippen LogP contribution is -2.60. The average molecular weight is 745 g/mol. The summed E-state index contributed by atoms with van der Waals surface area (Å²) in [5, 5.41) is 7.36. The number of benzene rings is 4. The van der Waals surface area contributed by atoms with Crippen molar-refractivity contribution in [3.8, 4) is 11.1 Å². The molecule has 4 aromatic carbocycles. The van der Waals surface area contributed by atoms with Gasteiger partial charge >= 0.3 is 13.7 Å². The van der Waals surface area contributed by atoms with Gasteiger partial charge in [0.05, 0.1) is 5.49 Å². The van der Waals surface area contributed by atoms with Gasteiger partial charge in [-0.1, -0.05) is 91.0 Å². The zero-order chi connectivity index (χ0) is 36.8. The Morgan fingerprint density at radius 1 is 0.865 bits per heavy atom. The molecule has 0 bridgehead atoms. The van der Waals surface area contributed by atoms with Crippen molar-refractivity contribution in [3.63, 3.8) is 0 Å². The van der Waals surface area contributed by atoms with Crippen LogP contribution in [0.3, 0.4) is 0 Å². The van der Waals surface area contributed by atoms with E-state index in [-0.39, 0.29) is 31.2 Å². The highest BCUT2D eigenvalue weighted by atomic mass is 32.2. The SMILES string of the molecule is NC(=O)[C@H](Cc1ccc2ccccc2c1)NC(=O)[C@@H]1CCCCN1C(=O)[C@H](CSCP(=O)(O)O)NC(=O)OCC1c2ccccc2-c2ccccc21. The molecule has 6 rings (SSSR count). The fourth-order valence-corrected chi connectivity index (χ4v) is 8.84. The largest absolute Gasteiger partial charge is 0.449 e. The van der Waals surface area contributed by atoms with E-state index in [4.69, 9.17) is 10.5 Å². The Balaban J connectivity index is 1.14. The number of fused-ring (bicyclic) bond motifs is 4. The Morgan fingerprint density at radius 3 is 2.19 bits per heavy atom. The number of thioether (sulfide) groups is 1. The first kappa shape index (κ1) is 37.1. The number of nitrogens with one attached hydrogen (secondary N) is 2. The van der Waals surface area contributed by atoms with E-state index in [2.05, 4.69) is 10.6 Å². The number of nitrogens with zero attached hydrogens (tertiary/aromatic N) is 1. The summed E-state index contributed by atoms with van der Waals surface area (Å²) in [6.45, 7) is 0.200. The van der Waals surface area contributed by atoms with Gasteiger partial charge < -0.3 is 35.8 Å². The molecular formula is C38H41N4O8PS. The molecule has 0 aromatic heterocycles. The molecule has 0 saturated carbocycles. The second kappa shape index (κ2) is 16.3. The highest BCUT2D eigenvalue weighted by Crippen LogP contribution is 2.44. The topological polar surface area (TPSA) is 188 Å². The average Bonchev–Trinajstić information content (AvgIpc) is 3.45. The summed E-state index contributed by atoms with van der Waals surface area (Å²) in [5.74, 6) is -2.28. The van der Waals surface area contributed by atoms with Crippen LogP contribution in [0.1, 0.15) is 41.9 Å². The molecule has 12 nitrogen and oxygen atoms in total. The summed E-state index contributed by atoms with van der Waals surface area (Å²) in [6.07, 6.45) is 0.827. The Bertz CT molecular complexity index is 1980. The molecular weight excluding hydrogens is 703 g/mol. The predicted octanol–water partition coefficient (Wildman–Crippen LogP) is 4.51. The third-order valence-corrected chi connectivity index (χ3v) is 12.1. The van der Waals surface area contributed by atoms with Gasteiger partial charge in [0.2, 0.25) is 17.7 Å². The van der Waals surface area contributed by atoms with Crippen LogP contribution in [0.25, 0.3) is 21.9 Å². The molecule has 14 heteroatoms. The van der Waals surface area contributed by atoms with E-state index in [9.17, 15) is 33.5 Å². The summed E-state index contributed by atoms with van der Waals surface area (Å²) in [5.41, 5.74) is 10.1. The van der Waals surface area contributed by atoms with Crippen molar-refractivity contribution < 1.29 is 38.3 Å². The van der Waals surface area contributed by atoms with Gasteiger partial charge in [-0.3, -0.25) is 18.9 Å². The summed E-state index contributed by atoms with van der Waals surface area (Å²) in [6, 6.07) is 26.0. The molecule has 2 aliphatic rings. The molecule has 6 N–H and O–H groups in total. The number of hydrogen-bond donors (Lipinski definition) is 5. The van der Waals surface area contributed by atoms with E-state index in [1.54, 1.807) is 0 Å². The summed E-state index contributed by atoms with van der Waals surface area (Å²) in [7, 11) is -4.42. The zero-order valence-corrected chi connectivity index (χ0v) is 30.1. The molecule has 4 amide bonds. The number of amides is 4. The number of likely N-dealkylation sites (tertiary alicyclic amines) is 1. The van der Waals surface area contributed by atoms with Crippen LogP contribution in [0.4, 0.5) is 4.79 Å². The summed E-state index contributed by atoms with van der Waals surface area (Å²) in [4.78, 5) is 73.9. The molecule has 0 spiro atoms. The fraction of sp³-hybridized carbons (Fsp3) is 0.316. The molecule has 1 saturated heterocycles. The van der Waals surface area contributed by atoms with E-state index in [0.29, 0.717) is 19.3 Å². The van der Waals surface area contributed by atoms with Crippen LogP contribution < -0.4 is 16.4 Å². The van der Waals surface area contributed by atoms with Crippen LogP contribution in [0.5, 0.6) is 0 Å². The van der Waals surface area contributed by atoms with Crippen molar-refractivity contribution in [1.82, 2.24) is 15.5 Å². The second-order valence-electron chi connectivity index (χ2n) is 13.1. The minimum atomic E-state index is -4.42. The minimum absolute atomic E-state index is 0.00312. The Morgan fingerprint density at radius 2 is 1.52 bits per heavy atom. The first-order valence-corrected chi connectivity index (χ1v) is 20.1. The van der Waals surface area contributed by atoms with Crippen LogP contribution in [-0.2, 0) is 30.1 Å². The Kier molecular flexibility index (Phi) is 11.6. The van der Waals surface area contributed by atoms with Crippen LogP contribution in [0, 0.1) is 0 Å². The standard InChI is InChI=1S/C38H41N4O8PS/c39-35(43)32(20-24-16-17-25-9-1-2-10-26(25)19-24)40-36(44)34-15-7-8-18-42(34)37(45)33(22-52-23-51(47,48)49)41-38(46)50-21-31-29-13-5-3-11-27(29)28-12-4-6-14-30(28)31/h1-6,9-14,16-17,19,31-34H,7-8,15,18,20-23H2,(H2,39,43)(H,40,44)(H,41,46)(H2,47,48,49)/t32-,33-,34-/m0/s1. The summed E-state index contributed by atoms with van der Waals surface area (Å²) >= 11 is 0.811. The molecule has 0 radical (unpaired) electrons. The van der Waals surface area contributed by atoms with E-state index in [1.807, 2.05) is 91.0 Å². The minimum Gasteiger partial charge on any atom is -0.449 e. The van der Waals surface area contributed by atoms with Crippen LogP contribution in [-0.4, -0.2) is 81.0 Å². The van der Waals surface area contributed by atoms with E-state index >= 15 is 0 Å². The number of hydrogen-bond acceptors (Lipinski definition) is 7. The quantitative estimate of drug-likeness (QED) is 0.123. The summed E-state index contributed by atoms with van der Waals surface area (Å²) < 4.78 is 17.3. The van der Waals surface area contributed by atoms with Crippen molar-refractivity contribution in [2.75, 3.05) is 24.4 Å². The second-order valence-corrected chi connectivity index (χ2v) is 16.2. The maximum absolute atomic E-state index is 14.1. The molecule has 3 atom stereocenters. The first-order valence-electron chi connectivity index (χ1n) is 17.1. The number of alkyl carbamates (subject to hydrolysis) is 1. The molecule has 1 fully saturated rings. The first-order chi connectivity index (χ1) is 25.0. The maximum atomic E-state index is 14.1. The van der Waals surface area contributed by atoms with Gasteiger partial charge in [-0.25, -0.2) is 4.79 Å². The molecule has 1 aliphatic carbocycles. The van der Waals surface area contributed by atoms with Crippen LogP contribution >= 0.6 is 19.4 Å². The molecule has 1 heterocycles. The normalized spacial score (nSPS) is 16.7. The van der Waals surface area contributed by atoms with E-state index < -0.39 is 55.0 Å². The number of carbonyl (C=O) groups excluding carboxylic acids is 4. The fourth-order valence-electron chi connectivity index (χ4n) is 7.01. The van der Waals surface area contributed by atoms with Gasteiger partial charge in [0.15, 0.2) is 0 Å². The highest BCUT2D eigenvalue weighted by Gasteiger charge is 2.38. The number of carbonyl (C=O) groups is 4. The van der Waals surface area contributed by atoms with Crippen molar-refractivity contribution in [3.05, 3.63) is 108 Å². The highest BCUT2D eigenvalue weighted by molar-refractivity contribution is 8.04. The van der Waals surface area contributed by atoms with Gasteiger partial charge in [-0.05, 0) is 57.9 Å². The monoisotopic (exact) mass is 744 g/mol. The van der Waals surface area contributed by atoms with Crippen LogP contribution in [0.15, 0.2) is 91.0 Å². The van der Waals surface area contributed by atoms with Crippen molar-refractivity contribution in [1.29, 1.82) is 0 Å². The lowest BCUT2D eigenvalue weighted by Gasteiger charge is -2.37. The zero-order valence-electron chi connectivity index (χ0n) is 28.4. The molecule has 0 unspecified atom stereocenters. The molecule has 272 valence electrons.